The maximum atomic E-state index is 4.32. The highest BCUT2D eigenvalue weighted by molar-refractivity contribution is 4.91. The molecule has 1 heterocycles. The summed E-state index contributed by atoms with van der Waals surface area (Å²) >= 11 is 0. The molecule has 0 aromatic carbocycles. The predicted octanol–water partition coefficient (Wildman–Crippen LogP) is 2.22. The third-order valence-electron chi connectivity index (χ3n) is 3.14. The molecule has 3 heteroatoms. The molecule has 1 N–H and O–H groups in total. The molecule has 1 aromatic heterocycles. The molecule has 2 rings (SSSR count). The Balaban J connectivity index is 1.85. The molecule has 1 saturated carbocycles. The fourth-order valence-electron chi connectivity index (χ4n) is 2.05. The SMILES string of the molecule is CC(C)(C)NCC1CCC1n1cccn1. The first-order chi connectivity index (χ1) is 7.06. The number of nitrogens with one attached hydrogen (secondary N) is 1. The van der Waals surface area contributed by atoms with Gasteiger partial charge in [-0.05, 0) is 45.6 Å². The Morgan fingerprint density at radius 2 is 2.20 bits per heavy atom. The van der Waals surface area contributed by atoms with Crippen LogP contribution in [0.1, 0.15) is 39.7 Å². The first-order valence-electron chi connectivity index (χ1n) is 5.80. The summed E-state index contributed by atoms with van der Waals surface area (Å²) in [6.45, 7) is 7.76. The summed E-state index contributed by atoms with van der Waals surface area (Å²) < 4.78 is 2.11. The Morgan fingerprint density at radius 3 is 2.67 bits per heavy atom. The molecule has 3 nitrogen and oxygen atoms in total. The summed E-state index contributed by atoms with van der Waals surface area (Å²) in [5.74, 6) is 0.754. The van der Waals surface area contributed by atoms with Crippen molar-refractivity contribution < 1.29 is 0 Å². The van der Waals surface area contributed by atoms with Crippen LogP contribution in [0.5, 0.6) is 0 Å². The molecular weight excluding hydrogens is 186 g/mol. The molecular formula is C12H21N3. The van der Waals surface area contributed by atoms with E-state index in [1.54, 1.807) is 0 Å². The van der Waals surface area contributed by atoms with Gasteiger partial charge in [-0.3, -0.25) is 4.68 Å². The average molecular weight is 207 g/mol. The lowest BCUT2D eigenvalue weighted by Crippen LogP contribution is -2.44. The zero-order chi connectivity index (χ0) is 10.9. The summed E-state index contributed by atoms with van der Waals surface area (Å²) in [7, 11) is 0. The second kappa shape index (κ2) is 3.97. The first-order valence-corrected chi connectivity index (χ1v) is 5.80. The Morgan fingerprint density at radius 1 is 1.40 bits per heavy atom. The second-order valence-corrected chi connectivity index (χ2v) is 5.52. The Bertz CT molecular complexity index is 297. The van der Waals surface area contributed by atoms with E-state index < -0.39 is 0 Å². The van der Waals surface area contributed by atoms with Crippen molar-refractivity contribution in [3.8, 4) is 0 Å². The molecule has 0 bridgehead atoms. The highest BCUT2D eigenvalue weighted by Crippen LogP contribution is 2.37. The Hall–Kier alpha value is -0.830. The number of hydrogen-bond acceptors (Lipinski definition) is 2. The van der Waals surface area contributed by atoms with Crippen LogP contribution in [-0.4, -0.2) is 21.9 Å². The first kappa shape index (κ1) is 10.7. The second-order valence-electron chi connectivity index (χ2n) is 5.52. The van der Waals surface area contributed by atoms with Crippen LogP contribution in [-0.2, 0) is 0 Å². The van der Waals surface area contributed by atoms with Crippen molar-refractivity contribution >= 4 is 0 Å². The fourth-order valence-corrected chi connectivity index (χ4v) is 2.05. The molecule has 2 unspecified atom stereocenters. The molecule has 1 aliphatic rings. The largest absolute Gasteiger partial charge is 0.312 e. The Labute approximate surface area is 91.9 Å². The van der Waals surface area contributed by atoms with Gasteiger partial charge >= 0.3 is 0 Å². The maximum absolute atomic E-state index is 4.32. The van der Waals surface area contributed by atoms with Crippen molar-refractivity contribution in [2.24, 2.45) is 5.92 Å². The molecule has 1 fully saturated rings. The molecule has 0 spiro atoms. The van der Waals surface area contributed by atoms with E-state index >= 15 is 0 Å². The van der Waals surface area contributed by atoms with Gasteiger partial charge in [-0.15, -0.1) is 0 Å². The fraction of sp³-hybridized carbons (Fsp3) is 0.750. The monoisotopic (exact) mass is 207 g/mol. The third kappa shape index (κ3) is 2.59. The standard InChI is InChI=1S/C12H21N3/c1-12(2,3)13-9-10-5-6-11(10)15-8-4-7-14-15/h4,7-8,10-11,13H,5-6,9H2,1-3H3. The average Bonchev–Trinajstić information content (AvgIpc) is 2.53. The lowest BCUT2D eigenvalue weighted by molar-refractivity contribution is 0.153. The van der Waals surface area contributed by atoms with Crippen molar-refractivity contribution in [2.75, 3.05) is 6.54 Å². The highest BCUT2D eigenvalue weighted by atomic mass is 15.3. The van der Waals surface area contributed by atoms with Gasteiger partial charge in [0.25, 0.3) is 0 Å². The number of hydrogen-bond donors (Lipinski definition) is 1. The van der Waals surface area contributed by atoms with Crippen LogP contribution in [0.4, 0.5) is 0 Å². The lowest BCUT2D eigenvalue weighted by atomic mass is 9.79. The van der Waals surface area contributed by atoms with E-state index in [0.717, 1.165) is 12.5 Å². The molecule has 15 heavy (non-hydrogen) atoms. The zero-order valence-electron chi connectivity index (χ0n) is 9.90. The minimum atomic E-state index is 0.226. The predicted molar refractivity (Wildman–Crippen MR) is 61.7 cm³/mol. The normalized spacial score (nSPS) is 26.3. The molecule has 84 valence electrons. The van der Waals surface area contributed by atoms with Crippen molar-refractivity contribution in [1.82, 2.24) is 15.1 Å². The third-order valence-corrected chi connectivity index (χ3v) is 3.14. The quantitative estimate of drug-likeness (QED) is 0.823. The number of nitrogens with zero attached hydrogens (tertiary/aromatic N) is 2. The smallest absolute Gasteiger partial charge is 0.0559 e. The van der Waals surface area contributed by atoms with Gasteiger partial charge in [-0.2, -0.15) is 5.10 Å². The molecule has 0 aliphatic heterocycles. The van der Waals surface area contributed by atoms with Crippen molar-refractivity contribution in [3.63, 3.8) is 0 Å². The number of rotatable bonds is 3. The van der Waals surface area contributed by atoms with Crippen molar-refractivity contribution in [1.29, 1.82) is 0 Å². The van der Waals surface area contributed by atoms with E-state index in [1.165, 1.54) is 12.8 Å². The van der Waals surface area contributed by atoms with Crippen LogP contribution in [0.2, 0.25) is 0 Å². The molecule has 0 saturated heterocycles. The van der Waals surface area contributed by atoms with Gasteiger partial charge in [-0.1, -0.05) is 0 Å². The maximum Gasteiger partial charge on any atom is 0.0559 e. The van der Waals surface area contributed by atoms with Gasteiger partial charge in [-0.25, -0.2) is 0 Å². The van der Waals surface area contributed by atoms with Gasteiger partial charge in [0.15, 0.2) is 0 Å². The highest BCUT2D eigenvalue weighted by Gasteiger charge is 2.32. The minimum absolute atomic E-state index is 0.226. The van der Waals surface area contributed by atoms with E-state index in [9.17, 15) is 0 Å². The molecule has 1 aromatic rings. The Kier molecular flexibility index (Phi) is 2.83. The van der Waals surface area contributed by atoms with Gasteiger partial charge < -0.3 is 5.32 Å². The van der Waals surface area contributed by atoms with E-state index in [1.807, 2.05) is 12.3 Å². The van der Waals surface area contributed by atoms with Crippen molar-refractivity contribution in [3.05, 3.63) is 18.5 Å². The van der Waals surface area contributed by atoms with Crippen LogP contribution in [0.25, 0.3) is 0 Å². The van der Waals surface area contributed by atoms with E-state index in [0.29, 0.717) is 6.04 Å². The van der Waals surface area contributed by atoms with Gasteiger partial charge in [0, 0.05) is 24.5 Å². The van der Waals surface area contributed by atoms with Gasteiger partial charge in [0.05, 0.1) is 6.04 Å². The lowest BCUT2D eigenvalue weighted by Gasteiger charge is -2.38. The van der Waals surface area contributed by atoms with Crippen LogP contribution in [0.15, 0.2) is 18.5 Å². The van der Waals surface area contributed by atoms with Gasteiger partial charge in [0.1, 0.15) is 0 Å². The van der Waals surface area contributed by atoms with Crippen LogP contribution in [0, 0.1) is 5.92 Å². The van der Waals surface area contributed by atoms with Crippen LogP contribution < -0.4 is 5.32 Å². The summed E-state index contributed by atoms with van der Waals surface area (Å²) in [5.41, 5.74) is 0.226. The summed E-state index contributed by atoms with van der Waals surface area (Å²) in [4.78, 5) is 0. The van der Waals surface area contributed by atoms with E-state index in [4.69, 9.17) is 0 Å². The molecule has 1 aliphatic carbocycles. The summed E-state index contributed by atoms with van der Waals surface area (Å²) in [5, 5.41) is 7.90. The summed E-state index contributed by atoms with van der Waals surface area (Å²) in [6.07, 6.45) is 6.55. The topological polar surface area (TPSA) is 29.9 Å². The van der Waals surface area contributed by atoms with E-state index in [2.05, 4.69) is 42.1 Å². The van der Waals surface area contributed by atoms with Gasteiger partial charge in [0.2, 0.25) is 0 Å². The molecule has 2 atom stereocenters. The zero-order valence-corrected chi connectivity index (χ0v) is 9.90. The number of aromatic nitrogens is 2. The van der Waals surface area contributed by atoms with E-state index in [-0.39, 0.29) is 5.54 Å². The van der Waals surface area contributed by atoms with Crippen molar-refractivity contribution in [2.45, 2.75) is 45.2 Å². The molecule has 0 radical (unpaired) electrons. The van der Waals surface area contributed by atoms with Crippen LogP contribution >= 0.6 is 0 Å². The minimum Gasteiger partial charge on any atom is -0.312 e. The molecule has 0 amide bonds. The summed E-state index contributed by atoms with van der Waals surface area (Å²) in [6, 6.07) is 2.63. The van der Waals surface area contributed by atoms with Crippen LogP contribution in [0.3, 0.4) is 0 Å².